The lowest BCUT2D eigenvalue weighted by atomic mass is 10.0. The normalized spacial score (nSPS) is 18.6. The molecular weight excluding hydrogens is 611 g/mol. The molecular formula is C37H47N5O4S. The number of carbonyl (C=O) groups excluding carboxylic acids is 1. The Labute approximate surface area is 282 Å². The number of likely N-dealkylation sites (tertiary alicyclic amines) is 2. The maximum atomic E-state index is 12.6. The number of hydrogen-bond acceptors (Lipinski definition) is 9. The molecule has 2 aromatic carbocycles. The van der Waals surface area contributed by atoms with Crippen LogP contribution in [0.5, 0.6) is 11.6 Å². The average molecular weight is 658 g/mol. The van der Waals surface area contributed by atoms with Crippen LogP contribution in [0.25, 0.3) is 21.0 Å². The van der Waals surface area contributed by atoms with E-state index < -0.39 is 0 Å². The summed E-state index contributed by atoms with van der Waals surface area (Å²) in [4.78, 5) is 26.8. The first-order valence-electron chi connectivity index (χ1n) is 17.5. The predicted octanol–water partition coefficient (Wildman–Crippen LogP) is 6.85. The Morgan fingerprint density at radius 3 is 2.53 bits per heavy atom. The number of unbranched alkanes of at least 4 members (excludes halogenated alkanes) is 1. The molecule has 10 heteroatoms. The van der Waals surface area contributed by atoms with Gasteiger partial charge in [0.2, 0.25) is 12.7 Å². The summed E-state index contributed by atoms with van der Waals surface area (Å²) in [5.74, 6) is 1.23. The number of piperazine rings is 1. The summed E-state index contributed by atoms with van der Waals surface area (Å²) in [5, 5.41) is 4.58. The van der Waals surface area contributed by atoms with Crippen molar-refractivity contribution in [2.45, 2.75) is 51.0 Å². The third kappa shape index (κ3) is 8.11. The first-order chi connectivity index (χ1) is 23.2. The van der Waals surface area contributed by atoms with Gasteiger partial charge in [0.25, 0.3) is 0 Å². The maximum Gasteiger partial charge on any atom is 0.412 e. The number of aromatic nitrogens is 1. The topological polar surface area (TPSA) is 70.6 Å². The molecule has 3 aliphatic heterocycles. The number of carbonyl (C=O) groups is 1. The van der Waals surface area contributed by atoms with E-state index in [1.165, 1.54) is 48.1 Å². The summed E-state index contributed by atoms with van der Waals surface area (Å²) in [6, 6.07) is 19.2. The van der Waals surface area contributed by atoms with Crippen molar-refractivity contribution < 1.29 is 19.0 Å². The van der Waals surface area contributed by atoms with E-state index in [1.807, 2.05) is 41.7 Å². The number of nitrogens with zero attached hydrogens (tertiary/aromatic N) is 5. The van der Waals surface area contributed by atoms with Crippen LogP contribution in [0.2, 0.25) is 0 Å². The fourth-order valence-electron chi connectivity index (χ4n) is 7.27. The quantitative estimate of drug-likeness (QED) is 0.128. The molecule has 2 aromatic heterocycles. The Hall–Kier alpha value is -3.60. The highest BCUT2D eigenvalue weighted by Gasteiger charge is 2.28. The van der Waals surface area contributed by atoms with Crippen LogP contribution >= 0.6 is 11.3 Å². The van der Waals surface area contributed by atoms with Crippen molar-refractivity contribution in [3.05, 3.63) is 60.0 Å². The Balaban J connectivity index is 0.798. The zero-order valence-electron chi connectivity index (χ0n) is 27.4. The molecule has 3 saturated heterocycles. The molecule has 9 nitrogen and oxygen atoms in total. The largest absolute Gasteiger partial charge is 0.494 e. The second kappa shape index (κ2) is 15.5. The SMILES string of the molecule is O=C(OCOc1ccc2ccc(OCCCCN3CCN(c4cccc5sccc45)CC3)cc2n1)N1CCC(N2CCCCC2)CC1. The number of ether oxygens (including phenoxy) is 3. The lowest BCUT2D eigenvalue weighted by molar-refractivity contribution is 0.0212. The summed E-state index contributed by atoms with van der Waals surface area (Å²) in [5.41, 5.74) is 2.17. The molecule has 47 heavy (non-hydrogen) atoms. The van der Waals surface area contributed by atoms with Gasteiger partial charge in [-0.05, 0) is 99.9 Å². The summed E-state index contributed by atoms with van der Waals surface area (Å²) in [6.07, 6.45) is 7.76. The van der Waals surface area contributed by atoms with Gasteiger partial charge in [-0.15, -0.1) is 11.3 Å². The van der Waals surface area contributed by atoms with E-state index in [9.17, 15) is 4.79 Å². The average Bonchev–Trinajstić information content (AvgIpc) is 3.62. The number of piperidine rings is 2. The van der Waals surface area contributed by atoms with E-state index in [-0.39, 0.29) is 12.9 Å². The van der Waals surface area contributed by atoms with Crippen molar-refractivity contribution in [2.75, 3.05) is 77.2 Å². The second-order valence-corrected chi connectivity index (χ2v) is 13.9. The fourth-order valence-corrected chi connectivity index (χ4v) is 8.08. The molecule has 1 amide bonds. The fraction of sp³-hybridized carbons (Fsp3) is 0.514. The van der Waals surface area contributed by atoms with Crippen molar-refractivity contribution in [2.24, 2.45) is 0 Å². The van der Waals surface area contributed by atoms with Crippen molar-refractivity contribution >= 4 is 44.1 Å². The molecule has 0 N–H and O–H groups in total. The Morgan fingerprint density at radius 2 is 1.68 bits per heavy atom. The number of thiophene rings is 1. The predicted molar refractivity (Wildman–Crippen MR) is 189 cm³/mol. The van der Waals surface area contributed by atoms with Crippen LogP contribution in [-0.2, 0) is 4.74 Å². The first kappa shape index (κ1) is 32.0. The Bertz CT molecular complexity index is 1610. The zero-order chi connectivity index (χ0) is 31.8. The number of rotatable bonds is 11. The van der Waals surface area contributed by atoms with E-state index in [1.54, 1.807) is 4.90 Å². The molecule has 5 heterocycles. The van der Waals surface area contributed by atoms with Crippen molar-refractivity contribution in [3.8, 4) is 11.6 Å². The molecule has 0 bridgehead atoms. The van der Waals surface area contributed by atoms with Crippen LogP contribution in [0.3, 0.4) is 0 Å². The van der Waals surface area contributed by atoms with Crippen LogP contribution in [0.1, 0.15) is 44.9 Å². The van der Waals surface area contributed by atoms with E-state index in [4.69, 9.17) is 14.2 Å². The van der Waals surface area contributed by atoms with Gasteiger partial charge < -0.3 is 28.9 Å². The van der Waals surface area contributed by atoms with Crippen LogP contribution in [-0.4, -0.2) is 104 Å². The number of amides is 1. The van der Waals surface area contributed by atoms with Crippen LogP contribution in [0, 0.1) is 0 Å². The summed E-state index contributed by atoms with van der Waals surface area (Å²) in [7, 11) is 0. The van der Waals surface area contributed by atoms with Crippen molar-refractivity contribution in [1.82, 2.24) is 19.7 Å². The highest BCUT2D eigenvalue weighted by atomic mass is 32.1. The van der Waals surface area contributed by atoms with E-state index in [0.29, 0.717) is 18.5 Å². The number of anilines is 1. The highest BCUT2D eigenvalue weighted by molar-refractivity contribution is 7.17. The van der Waals surface area contributed by atoms with Gasteiger partial charge in [-0.2, -0.15) is 0 Å². The van der Waals surface area contributed by atoms with Gasteiger partial charge in [-0.1, -0.05) is 12.5 Å². The molecule has 3 aliphatic rings. The maximum absolute atomic E-state index is 12.6. The van der Waals surface area contributed by atoms with Gasteiger partial charge in [0.15, 0.2) is 0 Å². The third-order valence-corrected chi connectivity index (χ3v) is 10.9. The van der Waals surface area contributed by atoms with Crippen molar-refractivity contribution in [1.29, 1.82) is 0 Å². The van der Waals surface area contributed by atoms with E-state index in [0.717, 1.165) is 88.1 Å². The molecule has 3 fully saturated rings. The van der Waals surface area contributed by atoms with Crippen LogP contribution in [0.15, 0.2) is 60.0 Å². The molecule has 0 spiro atoms. The minimum Gasteiger partial charge on any atom is -0.494 e. The minimum atomic E-state index is -0.312. The summed E-state index contributed by atoms with van der Waals surface area (Å²) in [6.45, 7) is 9.82. The molecule has 4 aromatic rings. The number of benzene rings is 2. The molecule has 7 rings (SSSR count). The first-order valence-corrected chi connectivity index (χ1v) is 18.3. The van der Waals surface area contributed by atoms with E-state index >= 15 is 0 Å². The van der Waals surface area contributed by atoms with Gasteiger partial charge in [-0.25, -0.2) is 9.78 Å². The lowest BCUT2D eigenvalue weighted by Crippen LogP contribution is -2.48. The molecule has 0 saturated carbocycles. The highest BCUT2D eigenvalue weighted by Crippen LogP contribution is 2.31. The van der Waals surface area contributed by atoms with Crippen molar-refractivity contribution in [3.63, 3.8) is 0 Å². The van der Waals surface area contributed by atoms with Crippen LogP contribution < -0.4 is 14.4 Å². The molecule has 0 radical (unpaired) electrons. The third-order valence-electron chi connectivity index (χ3n) is 9.98. The second-order valence-electron chi connectivity index (χ2n) is 13.0. The number of hydrogen-bond donors (Lipinski definition) is 0. The standard InChI is InChI=1S/C37H47N5O4S/c43-37(42-19-13-30(14-20-42)40-17-2-1-3-18-40)46-28-45-36-12-10-29-9-11-31(27-33(29)38-36)44-25-5-4-16-39-21-23-41(24-22-39)34-7-6-8-35-32(34)15-26-47-35/h6-12,15,26-27,30H,1-5,13-14,16-25,28H2. The number of fused-ring (bicyclic) bond motifs is 2. The van der Waals surface area contributed by atoms with Gasteiger partial charge in [-0.3, -0.25) is 4.90 Å². The molecule has 0 atom stereocenters. The van der Waals surface area contributed by atoms with Gasteiger partial charge in [0.1, 0.15) is 5.75 Å². The van der Waals surface area contributed by atoms with E-state index in [2.05, 4.69) is 49.3 Å². The monoisotopic (exact) mass is 657 g/mol. The Kier molecular flexibility index (Phi) is 10.6. The zero-order valence-corrected chi connectivity index (χ0v) is 28.2. The van der Waals surface area contributed by atoms with Gasteiger partial charge in [0, 0.05) is 78.6 Å². The molecule has 0 aliphatic carbocycles. The smallest absolute Gasteiger partial charge is 0.412 e. The van der Waals surface area contributed by atoms with Gasteiger partial charge >= 0.3 is 6.09 Å². The Morgan fingerprint density at radius 1 is 0.851 bits per heavy atom. The summed E-state index contributed by atoms with van der Waals surface area (Å²) < 4.78 is 18.6. The molecule has 250 valence electrons. The molecule has 0 unspecified atom stereocenters. The van der Waals surface area contributed by atoms with Crippen LogP contribution in [0.4, 0.5) is 10.5 Å². The van der Waals surface area contributed by atoms with Gasteiger partial charge in [0.05, 0.1) is 12.1 Å². The minimum absolute atomic E-state index is 0.153. The summed E-state index contributed by atoms with van der Waals surface area (Å²) >= 11 is 1.82. The lowest BCUT2D eigenvalue weighted by Gasteiger charge is -2.39. The number of pyridine rings is 1.